The van der Waals surface area contributed by atoms with Crippen molar-refractivity contribution in [2.45, 2.75) is 19.1 Å². The van der Waals surface area contributed by atoms with Gasteiger partial charge in [0.25, 0.3) is 5.91 Å². The number of methoxy groups -OCH3 is 1. The Bertz CT molecular complexity index is 862. The van der Waals surface area contributed by atoms with E-state index in [-0.39, 0.29) is 11.8 Å². The van der Waals surface area contributed by atoms with Gasteiger partial charge in [0.2, 0.25) is 0 Å². The molecule has 2 atom stereocenters. The number of fused-ring (bicyclic) bond motifs is 1. The Morgan fingerprint density at radius 3 is 2.59 bits per heavy atom. The topological polar surface area (TPSA) is 41.6 Å². The van der Waals surface area contributed by atoms with E-state index in [1.54, 1.807) is 7.11 Å². The summed E-state index contributed by atoms with van der Waals surface area (Å²) in [6, 6.07) is 18.3. The second-order valence-electron chi connectivity index (χ2n) is 7.45. The van der Waals surface area contributed by atoms with Crippen molar-refractivity contribution in [3.63, 3.8) is 0 Å². The molecule has 0 bridgehead atoms. The van der Waals surface area contributed by atoms with Crippen molar-refractivity contribution in [2.75, 3.05) is 26.7 Å². The van der Waals surface area contributed by atoms with Gasteiger partial charge in [-0.1, -0.05) is 61.5 Å². The van der Waals surface area contributed by atoms with Crippen LogP contribution in [0.4, 0.5) is 0 Å². The van der Waals surface area contributed by atoms with Crippen LogP contribution in [0.5, 0.6) is 0 Å². The molecule has 27 heavy (non-hydrogen) atoms. The Hall–Kier alpha value is -2.43. The number of carbonyl (C=O) groups is 1. The highest BCUT2D eigenvalue weighted by atomic mass is 16.5. The summed E-state index contributed by atoms with van der Waals surface area (Å²) in [7, 11) is 1.68. The SMILES string of the molecule is COC1(C(C)CN2CC=C(c3ccccc3)CC2)NC(=O)c2ccccc21. The highest BCUT2D eigenvalue weighted by Gasteiger charge is 2.47. The molecule has 0 aliphatic carbocycles. The molecule has 140 valence electrons. The highest BCUT2D eigenvalue weighted by Crippen LogP contribution is 2.38. The summed E-state index contributed by atoms with van der Waals surface area (Å²) in [5, 5.41) is 3.10. The van der Waals surface area contributed by atoms with Gasteiger partial charge in [0.1, 0.15) is 0 Å². The van der Waals surface area contributed by atoms with E-state index >= 15 is 0 Å². The summed E-state index contributed by atoms with van der Waals surface area (Å²) in [6.45, 7) is 4.95. The number of nitrogens with zero attached hydrogens (tertiary/aromatic N) is 1. The van der Waals surface area contributed by atoms with E-state index in [9.17, 15) is 4.79 Å². The van der Waals surface area contributed by atoms with Crippen LogP contribution in [-0.4, -0.2) is 37.6 Å². The summed E-state index contributed by atoms with van der Waals surface area (Å²) in [5.41, 5.74) is 3.64. The van der Waals surface area contributed by atoms with E-state index in [1.807, 2.05) is 24.3 Å². The third-order valence-electron chi connectivity index (χ3n) is 5.86. The Morgan fingerprint density at radius 1 is 1.15 bits per heavy atom. The van der Waals surface area contributed by atoms with Crippen LogP contribution in [0.1, 0.15) is 34.8 Å². The molecule has 0 radical (unpaired) electrons. The molecule has 0 saturated heterocycles. The van der Waals surface area contributed by atoms with E-state index in [2.05, 4.69) is 53.5 Å². The van der Waals surface area contributed by atoms with Gasteiger partial charge in [-0.15, -0.1) is 0 Å². The first-order valence-electron chi connectivity index (χ1n) is 9.58. The van der Waals surface area contributed by atoms with Crippen LogP contribution in [0.25, 0.3) is 5.57 Å². The molecule has 2 aromatic rings. The average molecular weight is 362 g/mol. The summed E-state index contributed by atoms with van der Waals surface area (Å²) < 4.78 is 5.92. The van der Waals surface area contributed by atoms with Crippen molar-refractivity contribution in [1.82, 2.24) is 10.2 Å². The third kappa shape index (κ3) is 3.20. The van der Waals surface area contributed by atoms with E-state index in [0.717, 1.165) is 37.2 Å². The third-order valence-corrected chi connectivity index (χ3v) is 5.86. The molecule has 0 aromatic heterocycles. The van der Waals surface area contributed by atoms with E-state index < -0.39 is 5.72 Å². The number of carbonyl (C=O) groups excluding carboxylic acids is 1. The van der Waals surface area contributed by atoms with Crippen LogP contribution in [-0.2, 0) is 10.5 Å². The number of rotatable bonds is 5. The van der Waals surface area contributed by atoms with Crippen molar-refractivity contribution in [3.8, 4) is 0 Å². The first kappa shape index (κ1) is 18.0. The highest BCUT2D eigenvalue weighted by molar-refractivity contribution is 5.99. The number of hydrogen-bond donors (Lipinski definition) is 1. The predicted octanol–water partition coefficient (Wildman–Crippen LogP) is 3.65. The minimum atomic E-state index is -0.753. The van der Waals surface area contributed by atoms with E-state index in [0.29, 0.717) is 0 Å². The number of hydrogen-bond acceptors (Lipinski definition) is 3. The van der Waals surface area contributed by atoms with Crippen LogP contribution >= 0.6 is 0 Å². The monoisotopic (exact) mass is 362 g/mol. The zero-order valence-corrected chi connectivity index (χ0v) is 15.9. The van der Waals surface area contributed by atoms with Gasteiger partial charge in [-0.3, -0.25) is 9.69 Å². The molecule has 4 heteroatoms. The van der Waals surface area contributed by atoms with Gasteiger partial charge in [-0.05, 0) is 23.6 Å². The van der Waals surface area contributed by atoms with Gasteiger partial charge < -0.3 is 10.1 Å². The Kier molecular flexibility index (Phi) is 4.85. The molecule has 0 saturated carbocycles. The summed E-state index contributed by atoms with van der Waals surface area (Å²) >= 11 is 0. The number of benzene rings is 2. The molecule has 2 aliphatic rings. The summed E-state index contributed by atoms with van der Waals surface area (Å²) in [4.78, 5) is 14.9. The fourth-order valence-electron chi connectivity index (χ4n) is 4.37. The zero-order valence-electron chi connectivity index (χ0n) is 15.9. The molecule has 0 spiro atoms. The quantitative estimate of drug-likeness (QED) is 0.883. The molecule has 2 aromatic carbocycles. The van der Waals surface area contributed by atoms with Crippen LogP contribution in [0, 0.1) is 5.92 Å². The molecule has 2 aliphatic heterocycles. The number of amides is 1. The molecular formula is C23H26N2O2. The maximum absolute atomic E-state index is 12.4. The second kappa shape index (κ2) is 7.29. The maximum atomic E-state index is 12.4. The van der Waals surface area contributed by atoms with Crippen molar-refractivity contribution in [3.05, 3.63) is 77.4 Å². The Labute approximate surface area is 160 Å². The lowest BCUT2D eigenvalue weighted by Crippen LogP contribution is -2.50. The predicted molar refractivity (Wildman–Crippen MR) is 107 cm³/mol. The van der Waals surface area contributed by atoms with Gasteiger partial charge in [0, 0.05) is 43.8 Å². The summed E-state index contributed by atoms with van der Waals surface area (Å²) in [6.07, 6.45) is 3.37. The van der Waals surface area contributed by atoms with Crippen LogP contribution in [0.3, 0.4) is 0 Å². The van der Waals surface area contributed by atoms with Crippen LogP contribution < -0.4 is 5.32 Å². The fourth-order valence-corrected chi connectivity index (χ4v) is 4.37. The van der Waals surface area contributed by atoms with E-state index in [4.69, 9.17) is 4.74 Å². The lowest BCUT2D eigenvalue weighted by Gasteiger charge is -2.38. The number of nitrogens with one attached hydrogen (secondary N) is 1. The Morgan fingerprint density at radius 2 is 1.89 bits per heavy atom. The minimum absolute atomic E-state index is 0.0517. The van der Waals surface area contributed by atoms with E-state index in [1.165, 1.54) is 11.1 Å². The molecule has 4 rings (SSSR count). The standard InChI is InChI=1S/C23H26N2O2/c1-17(23(27-2)21-11-7-6-10-20(21)22(26)24-23)16-25-14-12-19(13-15-25)18-8-4-3-5-9-18/h3-12,17H,13-16H2,1-2H3,(H,24,26). The van der Waals surface area contributed by atoms with Crippen LogP contribution in [0.2, 0.25) is 0 Å². The lowest BCUT2D eigenvalue weighted by atomic mass is 9.89. The molecule has 0 fully saturated rings. The van der Waals surface area contributed by atoms with Crippen molar-refractivity contribution >= 4 is 11.5 Å². The average Bonchev–Trinajstić information content (AvgIpc) is 3.03. The molecule has 1 amide bonds. The van der Waals surface area contributed by atoms with Crippen LogP contribution in [0.15, 0.2) is 60.7 Å². The maximum Gasteiger partial charge on any atom is 0.254 e. The molecule has 1 N–H and O–H groups in total. The smallest absolute Gasteiger partial charge is 0.254 e. The van der Waals surface area contributed by atoms with Crippen molar-refractivity contribution in [2.24, 2.45) is 5.92 Å². The number of ether oxygens (including phenoxy) is 1. The van der Waals surface area contributed by atoms with Gasteiger partial charge in [0.15, 0.2) is 5.72 Å². The normalized spacial score (nSPS) is 23.5. The second-order valence-corrected chi connectivity index (χ2v) is 7.45. The molecule has 4 nitrogen and oxygen atoms in total. The first-order valence-corrected chi connectivity index (χ1v) is 9.58. The fraction of sp³-hybridized carbons (Fsp3) is 0.348. The van der Waals surface area contributed by atoms with Crippen molar-refractivity contribution < 1.29 is 9.53 Å². The Balaban J connectivity index is 1.49. The summed E-state index contributed by atoms with van der Waals surface area (Å²) in [5.74, 6) is 0.0750. The zero-order chi connectivity index (χ0) is 18.9. The molecule has 2 unspecified atom stereocenters. The lowest BCUT2D eigenvalue weighted by molar-refractivity contribution is -0.0805. The largest absolute Gasteiger partial charge is 0.354 e. The van der Waals surface area contributed by atoms with Crippen molar-refractivity contribution in [1.29, 1.82) is 0 Å². The van der Waals surface area contributed by atoms with Gasteiger partial charge in [-0.25, -0.2) is 0 Å². The van der Waals surface area contributed by atoms with Gasteiger partial charge >= 0.3 is 0 Å². The molecule has 2 heterocycles. The first-order chi connectivity index (χ1) is 13.1. The van der Waals surface area contributed by atoms with Gasteiger partial charge in [0.05, 0.1) is 0 Å². The molecular weight excluding hydrogens is 336 g/mol. The minimum Gasteiger partial charge on any atom is -0.354 e. The van der Waals surface area contributed by atoms with Gasteiger partial charge in [-0.2, -0.15) is 0 Å².